The summed E-state index contributed by atoms with van der Waals surface area (Å²) in [6.07, 6.45) is 4.74. The van der Waals surface area contributed by atoms with Gasteiger partial charge in [-0.3, -0.25) is 5.09 Å². The molecule has 0 radical (unpaired) electrons. The van der Waals surface area contributed by atoms with Gasteiger partial charge in [-0.2, -0.15) is 0 Å². The van der Waals surface area contributed by atoms with E-state index in [-0.39, 0.29) is 92.2 Å². The van der Waals surface area contributed by atoms with Gasteiger partial charge in [0.2, 0.25) is 0 Å². The maximum absolute atomic E-state index is 7.07. The number of hydrogen-bond acceptors (Lipinski definition) is 12. The molecule has 1 fully saturated rings. The van der Waals surface area contributed by atoms with Crippen molar-refractivity contribution in [3.8, 4) is 0 Å². The second kappa shape index (κ2) is 41.9. The third-order valence-corrected chi connectivity index (χ3v) is 34.1. The molecule has 1 aliphatic heterocycles. The zero-order valence-electron chi connectivity index (χ0n) is 102. The maximum atomic E-state index is 7.07. The summed E-state index contributed by atoms with van der Waals surface area (Å²) in [6, 6.07) is 48.0. The Balaban J connectivity index is 0.000000186. The first kappa shape index (κ1) is 119. The van der Waals surface area contributed by atoms with Gasteiger partial charge in [0.15, 0.2) is 0 Å². The van der Waals surface area contributed by atoms with E-state index in [9.17, 15) is 0 Å². The number of nitrogens with one attached hydrogen (secondary N) is 2. The fraction of sp³-hybridized carbons (Fsp3) is 0.588. The Bertz CT molecular complexity index is 6770. The van der Waals surface area contributed by atoms with Crippen molar-refractivity contribution in [3.63, 3.8) is 0 Å². The van der Waals surface area contributed by atoms with Crippen molar-refractivity contribution in [2.24, 2.45) is 0 Å². The highest BCUT2D eigenvalue weighted by Gasteiger charge is 2.38. The molecule has 5 heterocycles. The van der Waals surface area contributed by atoms with E-state index in [1.165, 1.54) is 119 Å². The van der Waals surface area contributed by atoms with Crippen molar-refractivity contribution >= 4 is 126 Å². The molecular weight excluding hydrogens is 1880 g/mol. The summed E-state index contributed by atoms with van der Waals surface area (Å²) >= 11 is 0. The van der Waals surface area contributed by atoms with Gasteiger partial charge < -0.3 is 33.6 Å². The van der Waals surface area contributed by atoms with Gasteiger partial charge in [0.25, 0.3) is 0 Å². The van der Waals surface area contributed by atoms with Crippen LogP contribution < -0.4 is 19.5 Å². The van der Waals surface area contributed by atoms with Crippen LogP contribution in [-0.2, 0) is 86.6 Å². The Labute approximate surface area is 894 Å². The van der Waals surface area contributed by atoms with Gasteiger partial charge in [-0.15, -0.1) is 0 Å². The summed E-state index contributed by atoms with van der Waals surface area (Å²) in [4.78, 5) is 0. The Morgan fingerprint density at radius 3 is 0.633 bits per heavy atom. The molecule has 2 N–H and O–H groups in total. The summed E-state index contributed by atoms with van der Waals surface area (Å²) < 4.78 is 60.2. The Kier molecular flexibility index (Phi) is 34.1. The number of nitrogens with zero attached hydrogens (tertiary/aromatic N) is 2. The van der Waals surface area contributed by atoms with E-state index < -0.39 is 32.7 Å². The lowest BCUT2D eigenvalue weighted by atomic mass is 9.77. The number of rotatable bonds is 7. The second-order valence-electron chi connectivity index (χ2n) is 60.2. The molecule has 0 spiro atoms. The van der Waals surface area contributed by atoms with Crippen molar-refractivity contribution < 1.29 is 33.6 Å². The van der Waals surface area contributed by atoms with E-state index in [1.807, 2.05) is 18.2 Å². The number of hydrogen-bond donors (Lipinski definition) is 2. The van der Waals surface area contributed by atoms with Crippen LogP contribution in [0.3, 0.4) is 0 Å². The van der Waals surface area contributed by atoms with Crippen molar-refractivity contribution in [2.45, 2.75) is 478 Å². The minimum absolute atomic E-state index is 0.00520. The third kappa shape index (κ3) is 28.5. The number of piperidine rings is 1. The molecule has 147 heavy (non-hydrogen) atoms. The van der Waals surface area contributed by atoms with Gasteiger partial charge in [-0.05, 0) is 232 Å². The van der Waals surface area contributed by atoms with Gasteiger partial charge in [0.05, 0.1) is 0 Å². The van der Waals surface area contributed by atoms with Crippen LogP contribution in [0.4, 0.5) is 5.69 Å². The first-order chi connectivity index (χ1) is 66.5. The van der Waals surface area contributed by atoms with Crippen molar-refractivity contribution in [1.29, 1.82) is 0 Å². The molecule has 16 heteroatoms. The van der Waals surface area contributed by atoms with Gasteiger partial charge in [-0.1, -0.05) is 412 Å². The van der Waals surface area contributed by atoms with Crippen LogP contribution in [0.5, 0.6) is 0 Å². The monoisotopic (exact) mass is 2080 g/mol. The van der Waals surface area contributed by atoms with Gasteiger partial charge in [-0.25, -0.2) is 14.4 Å². The standard InChI is InChI=1S/C34H46NO2P.C33H50NO2P.2C32H50NO2P/c1-31(2,3)22-18-25-26-19-23(32(4,5)6)21-28(34(10,11)12)30(26)37-38(35-24-16-14-13-15-17-24)36-29(25)27(20-22)33(7,8)9;1-30(2,3)22-18-24-25-19-23(31(4,5)6)21-27(33(10,11)12)29(25)36-37(34-16-14-13-15-17-34)35-28(24)26(20-22)32(7,8)9;1-28(2,3)20-16-22-23-17-21(29(4,5)6)19-25(31(10,11)12)27(23)35-36(33-32(13,14)15)34-26(22)24(18-20)30(7,8)9;1-15-16-33(14)36-34-27-23(17-21(29(2,3)4)19-25(27)31(8,9)10)24-18-22(30(5,6)7)20-26(28(24)35-36)32(11,12)13/h13-21,35H,1-12H3;18-21H,13-17H2,1-12H3;16-19,33H,1-15H3;17-20H,15-16H2,1-14H3. The number of anilines is 1. The smallest absolute Gasteiger partial charge is 0.338 e. The predicted octanol–water partition coefficient (Wildman–Crippen LogP) is 43.2. The molecule has 0 amide bonds. The minimum atomic E-state index is -1.50. The average Bonchev–Trinajstić information content (AvgIpc) is 1.67. The Morgan fingerprint density at radius 2 is 0.442 bits per heavy atom. The van der Waals surface area contributed by atoms with Crippen LogP contribution in [0.15, 0.2) is 161 Å². The quantitative estimate of drug-likeness (QED) is 0.157. The van der Waals surface area contributed by atoms with Crippen LogP contribution in [0, 0.1) is 0 Å². The minimum Gasteiger partial charge on any atom is -0.408 e. The van der Waals surface area contributed by atoms with E-state index in [0.717, 1.165) is 109 Å². The van der Waals surface area contributed by atoms with Crippen LogP contribution in [0.2, 0.25) is 0 Å². The number of fused-ring (bicyclic) bond motifs is 12. The molecule has 1 saturated heterocycles. The summed E-state index contributed by atoms with van der Waals surface area (Å²) in [7, 11) is -3.35. The topological polar surface area (TPSA) is 136 Å². The van der Waals surface area contributed by atoms with Crippen LogP contribution in [-0.4, -0.2) is 32.2 Å². The van der Waals surface area contributed by atoms with Crippen LogP contribution in [0.1, 0.15) is 475 Å². The largest absolute Gasteiger partial charge is 0.408 e. The molecule has 13 aromatic rings. The van der Waals surface area contributed by atoms with Gasteiger partial charge in [0.1, 0.15) is 44.7 Å². The predicted molar refractivity (Wildman–Crippen MR) is 650 cm³/mol. The van der Waals surface area contributed by atoms with E-state index in [4.69, 9.17) is 33.6 Å². The van der Waals surface area contributed by atoms with Gasteiger partial charge in [0, 0.05) is 126 Å². The fourth-order valence-corrected chi connectivity index (χ4v) is 24.3. The molecule has 0 unspecified atom stereocenters. The highest BCUT2D eigenvalue weighted by atomic mass is 31.1. The molecule has 12 nitrogen and oxygen atoms in total. The summed E-state index contributed by atoms with van der Waals surface area (Å²) in [5.74, 6) is 0. The second-order valence-corrected chi connectivity index (χ2v) is 65.3. The summed E-state index contributed by atoms with van der Waals surface area (Å²) in [5, 5.41) is 16.4. The Hall–Kier alpha value is -7.74. The molecule has 9 aromatic carbocycles. The zero-order valence-corrected chi connectivity index (χ0v) is 106. The average molecular weight is 2080 g/mol. The molecule has 0 saturated carbocycles. The zero-order chi connectivity index (χ0) is 111. The molecule has 1 aliphatic rings. The first-order valence-electron chi connectivity index (χ1n) is 54.7. The molecule has 14 rings (SSSR count). The Morgan fingerprint density at radius 1 is 0.245 bits per heavy atom. The fourth-order valence-electron chi connectivity index (χ4n) is 18.7. The molecule has 0 atom stereocenters. The van der Waals surface area contributed by atoms with Crippen LogP contribution in [0.25, 0.3) is 87.8 Å². The molecule has 0 aliphatic carbocycles. The van der Waals surface area contributed by atoms with E-state index in [0.29, 0.717) is 0 Å². The van der Waals surface area contributed by atoms with E-state index >= 15 is 0 Å². The number of benzene rings is 9. The van der Waals surface area contributed by atoms with Gasteiger partial charge >= 0.3 is 32.7 Å². The SMILES string of the molecule is CC(C)(C)Np1oc2c(C(C)(C)C)cc(C(C)(C)C)cc2c2cc(C(C)(C)C)cc(C(C)(C)C)c2o1.CC(C)(C)c1cc(C(C)(C)C)c2op(N3CCCCC3)oc3c(C(C)(C)C)cc(C(C)(C)C)cc3c2c1.CC(C)(C)c1cc(C(C)(C)C)c2op(Nc3ccccc3)oc3c(C(C)(C)C)cc(C(C)(C)C)cc3c2c1.CCCN(C)p1oc2c(C(C)(C)C)cc(C(C)(C)C)cc2c2cc(C(C)(C)C)cc(C(C)(C)C)c2o1. The molecule has 0 bridgehead atoms. The summed E-state index contributed by atoms with van der Waals surface area (Å²) in [6.45, 7) is 122. The lowest BCUT2D eigenvalue weighted by Crippen LogP contribution is -2.26. The molecular formula is C131H196N4O8P4. The molecule has 4 aromatic heterocycles. The lowest BCUT2D eigenvalue weighted by molar-refractivity contribution is 0.539. The van der Waals surface area contributed by atoms with Crippen molar-refractivity contribution in [3.05, 3.63) is 216 Å². The highest BCUT2D eigenvalue weighted by Crippen LogP contribution is 2.54. The third-order valence-electron chi connectivity index (χ3n) is 28.4. The molecule has 808 valence electrons. The lowest BCUT2D eigenvalue weighted by Gasteiger charge is -2.27. The van der Waals surface area contributed by atoms with E-state index in [2.05, 4.69) is 496 Å². The first-order valence-corrected chi connectivity index (χ1v) is 59.3. The van der Waals surface area contributed by atoms with E-state index in [1.54, 1.807) is 0 Å². The van der Waals surface area contributed by atoms with Crippen molar-refractivity contribution in [2.75, 3.05) is 46.2 Å². The maximum Gasteiger partial charge on any atom is 0.338 e. The normalized spacial score (nSPS) is 14.4. The highest BCUT2D eigenvalue weighted by molar-refractivity contribution is 7.40. The van der Waals surface area contributed by atoms with Crippen molar-refractivity contribution in [1.82, 2.24) is 0 Å². The number of para-hydroxylation sites is 1. The van der Waals surface area contributed by atoms with Crippen LogP contribution >= 0.6 is 32.7 Å². The summed E-state index contributed by atoms with van der Waals surface area (Å²) in [5.41, 5.74) is 28.4.